The van der Waals surface area contributed by atoms with Crippen LogP contribution in [-0.2, 0) is 0 Å². The SMILES string of the molecule is CC(C)N1CCC(NC(=O)c2cccc3cn(C(C)C)nc23)CC1. The van der Waals surface area contributed by atoms with Crippen molar-refractivity contribution in [2.75, 3.05) is 13.1 Å². The van der Waals surface area contributed by atoms with Crippen molar-refractivity contribution in [1.82, 2.24) is 20.0 Å². The highest BCUT2D eigenvalue weighted by molar-refractivity contribution is 6.05. The maximum Gasteiger partial charge on any atom is 0.253 e. The molecule has 0 saturated carbocycles. The second-order valence-electron chi connectivity index (χ2n) is 7.32. The molecule has 1 aliphatic heterocycles. The lowest BCUT2D eigenvalue weighted by molar-refractivity contribution is 0.0902. The minimum Gasteiger partial charge on any atom is -0.349 e. The minimum atomic E-state index is -0.00222. The van der Waals surface area contributed by atoms with Crippen molar-refractivity contribution in [3.8, 4) is 0 Å². The fourth-order valence-corrected chi connectivity index (χ4v) is 3.34. The van der Waals surface area contributed by atoms with Gasteiger partial charge in [-0.05, 0) is 46.6 Å². The zero-order valence-electron chi connectivity index (χ0n) is 15.1. The third kappa shape index (κ3) is 3.46. The topological polar surface area (TPSA) is 50.2 Å². The van der Waals surface area contributed by atoms with Crippen LogP contribution in [0.25, 0.3) is 10.9 Å². The van der Waals surface area contributed by atoms with Gasteiger partial charge in [0.15, 0.2) is 0 Å². The number of hydrogen-bond acceptors (Lipinski definition) is 3. The molecule has 1 N–H and O–H groups in total. The zero-order valence-corrected chi connectivity index (χ0v) is 15.1. The molecule has 24 heavy (non-hydrogen) atoms. The van der Waals surface area contributed by atoms with Gasteiger partial charge >= 0.3 is 0 Å². The molecule has 1 amide bonds. The molecule has 1 aromatic heterocycles. The van der Waals surface area contributed by atoms with Gasteiger partial charge in [-0.15, -0.1) is 0 Å². The first kappa shape index (κ1) is 17.0. The first-order chi connectivity index (χ1) is 11.5. The summed E-state index contributed by atoms with van der Waals surface area (Å²) in [6.07, 6.45) is 4.04. The summed E-state index contributed by atoms with van der Waals surface area (Å²) in [6, 6.07) is 6.95. The summed E-state index contributed by atoms with van der Waals surface area (Å²) in [6.45, 7) is 10.7. The van der Waals surface area contributed by atoms with Crippen molar-refractivity contribution in [2.24, 2.45) is 0 Å². The van der Waals surface area contributed by atoms with E-state index in [0.29, 0.717) is 11.6 Å². The molecule has 1 fully saturated rings. The molecule has 0 spiro atoms. The molecule has 1 saturated heterocycles. The third-order valence-electron chi connectivity index (χ3n) is 4.92. The van der Waals surface area contributed by atoms with Crippen LogP contribution in [0, 0.1) is 0 Å². The molecule has 0 bridgehead atoms. The Labute approximate surface area is 144 Å². The van der Waals surface area contributed by atoms with Crippen LogP contribution in [0.3, 0.4) is 0 Å². The van der Waals surface area contributed by atoms with Crippen LogP contribution >= 0.6 is 0 Å². The van der Waals surface area contributed by atoms with Crippen LogP contribution in [0.1, 0.15) is 56.9 Å². The summed E-state index contributed by atoms with van der Waals surface area (Å²) in [4.78, 5) is 15.2. The van der Waals surface area contributed by atoms with Crippen molar-refractivity contribution < 1.29 is 4.79 Å². The van der Waals surface area contributed by atoms with E-state index >= 15 is 0 Å². The molecule has 3 rings (SSSR count). The normalized spacial score (nSPS) is 17.1. The zero-order chi connectivity index (χ0) is 17.3. The first-order valence-corrected chi connectivity index (χ1v) is 8.98. The van der Waals surface area contributed by atoms with E-state index in [9.17, 15) is 4.79 Å². The van der Waals surface area contributed by atoms with Crippen molar-refractivity contribution in [2.45, 2.75) is 58.7 Å². The van der Waals surface area contributed by atoms with Gasteiger partial charge in [0.2, 0.25) is 0 Å². The van der Waals surface area contributed by atoms with Crippen molar-refractivity contribution in [3.05, 3.63) is 30.0 Å². The van der Waals surface area contributed by atoms with Crippen molar-refractivity contribution in [3.63, 3.8) is 0 Å². The Morgan fingerprint density at radius 3 is 2.50 bits per heavy atom. The number of fused-ring (bicyclic) bond motifs is 1. The Balaban J connectivity index is 1.73. The van der Waals surface area contributed by atoms with Crippen molar-refractivity contribution in [1.29, 1.82) is 0 Å². The van der Waals surface area contributed by atoms with E-state index in [2.05, 4.69) is 43.0 Å². The molecule has 0 aliphatic carbocycles. The highest BCUT2D eigenvalue weighted by Gasteiger charge is 2.23. The standard InChI is InChI=1S/C19H28N4O/c1-13(2)22-10-8-16(9-11-22)20-19(24)17-7-5-6-15-12-23(14(3)4)21-18(15)17/h5-7,12-14,16H,8-11H2,1-4H3,(H,20,24). The lowest BCUT2D eigenvalue weighted by atomic mass is 10.0. The molecule has 1 aromatic carbocycles. The van der Waals surface area contributed by atoms with Gasteiger partial charge in [0.05, 0.1) is 5.56 Å². The quantitative estimate of drug-likeness (QED) is 0.937. The summed E-state index contributed by atoms with van der Waals surface area (Å²) >= 11 is 0. The molecule has 2 aromatic rings. The monoisotopic (exact) mass is 328 g/mol. The van der Waals surface area contributed by atoms with E-state index in [4.69, 9.17) is 0 Å². The van der Waals surface area contributed by atoms with E-state index in [0.717, 1.165) is 36.8 Å². The highest BCUT2D eigenvalue weighted by Crippen LogP contribution is 2.20. The minimum absolute atomic E-state index is 0.00222. The number of amides is 1. The fourth-order valence-electron chi connectivity index (χ4n) is 3.34. The number of carbonyl (C=O) groups excluding carboxylic acids is 1. The van der Waals surface area contributed by atoms with Gasteiger partial charge < -0.3 is 10.2 Å². The number of benzene rings is 1. The number of hydrogen-bond donors (Lipinski definition) is 1. The van der Waals surface area contributed by atoms with Crippen LogP contribution < -0.4 is 5.32 Å². The third-order valence-corrected chi connectivity index (χ3v) is 4.92. The van der Waals surface area contributed by atoms with E-state index in [-0.39, 0.29) is 18.0 Å². The smallest absolute Gasteiger partial charge is 0.253 e. The van der Waals surface area contributed by atoms with E-state index in [1.54, 1.807) is 0 Å². The molecular formula is C19H28N4O. The van der Waals surface area contributed by atoms with E-state index in [1.165, 1.54) is 0 Å². The van der Waals surface area contributed by atoms with Gasteiger partial charge in [0.25, 0.3) is 5.91 Å². The molecule has 1 aliphatic rings. The average Bonchev–Trinajstić information content (AvgIpc) is 2.99. The Morgan fingerprint density at radius 2 is 1.88 bits per heavy atom. The summed E-state index contributed by atoms with van der Waals surface area (Å²) in [5.74, 6) is -0.00222. The highest BCUT2D eigenvalue weighted by atomic mass is 16.1. The van der Waals surface area contributed by atoms with Crippen LogP contribution in [0.15, 0.2) is 24.4 Å². The molecule has 0 unspecified atom stereocenters. The van der Waals surface area contributed by atoms with Crippen LogP contribution in [0.4, 0.5) is 0 Å². The van der Waals surface area contributed by atoms with Gasteiger partial charge in [-0.1, -0.05) is 12.1 Å². The number of rotatable bonds is 4. The largest absolute Gasteiger partial charge is 0.349 e. The van der Waals surface area contributed by atoms with Crippen LogP contribution in [0.2, 0.25) is 0 Å². The van der Waals surface area contributed by atoms with Gasteiger partial charge in [-0.25, -0.2) is 0 Å². The van der Waals surface area contributed by atoms with Gasteiger partial charge in [0.1, 0.15) is 5.52 Å². The van der Waals surface area contributed by atoms with Gasteiger partial charge in [0, 0.05) is 42.8 Å². The first-order valence-electron chi connectivity index (χ1n) is 8.98. The summed E-state index contributed by atoms with van der Waals surface area (Å²) in [5.41, 5.74) is 1.47. The summed E-state index contributed by atoms with van der Waals surface area (Å²) < 4.78 is 1.92. The maximum absolute atomic E-state index is 12.7. The second kappa shape index (κ2) is 6.93. The van der Waals surface area contributed by atoms with Gasteiger partial charge in [-0.3, -0.25) is 9.48 Å². The molecule has 2 heterocycles. The van der Waals surface area contributed by atoms with E-state index < -0.39 is 0 Å². The fraction of sp³-hybridized carbons (Fsp3) is 0.579. The van der Waals surface area contributed by atoms with Crippen LogP contribution in [0.5, 0.6) is 0 Å². The molecule has 5 heteroatoms. The summed E-state index contributed by atoms with van der Waals surface area (Å²) in [5, 5.41) is 8.84. The lowest BCUT2D eigenvalue weighted by Crippen LogP contribution is -2.46. The number of nitrogens with one attached hydrogen (secondary N) is 1. The Bertz CT molecular complexity index is 711. The molecule has 5 nitrogen and oxygen atoms in total. The number of nitrogens with zero attached hydrogens (tertiary/aromatic N) is 3. The Hall–Kier alpha value is -1.88. The molecule has 0 radical (unpaired) electrons. The number of carbonyl (C=O) groups is 1. The lowest BCUT2D eigenvalue weighted by Gasteiger charge is -2.34. The predicted octanol–water partition coefficient (Wildman–Crippen LogP) is 3.22. The second-order valence-corrected chi connectivity index (χ2v) is 7.32. The number of likely N-dealkylation sites (tertiary alicyclic amines) is 1. The van der Waals surface area contributed by atoms with Crippen molar-refractivity contribution >= 4 is 16.8 Å². The Kier molecular flexibility index (Phi) is 4.90. The molecular weight excluding hydrogens is 300 g/mol. The number of aromatic nitrogens is 2. The average molecular weight is 328 g/mol. The van der Waals surface area contributed by atoms with E-state index in [1.807, 2.05) is 29.1 Å². The Morgan fingerprint density at radius 1 is 1.17 bits per heavy atom. The maximum atomic E-state index is 12.7. The van der Waals surface area contributed by atoms with Crippen LogP contribution in [-0.4, -0.2) is 45.8 Å². The van der Waals surface area contributed by atoms with Gasteiger partial charge in [-0.2, -0.15) is 5.10 Å². The predicted molar refractivity (Wildman–Crippen MR) is 97.3 cm³/mol. The molecule has 130 valence electrons. The number of piperidine rings is 1. The summed E-state index contributed by atoms with van der Waals surface area (Å²) in [7, 11) is 0. The molecule has 0 atom stereocenters.